The van der Waals surface area contributed by atoms with Crippen LogP contribution < -0.4 is 19.9 Å². The third-order valence-corrected chi connectivity index (χ3v) is 6.60. The molecule has 0 spiro atoms. The first-order valence-electron chi connectivity index (χ1n) is 9.57. The van der Waals surface area contributed by atoms with E-state index < -0.39 is 6.09 Å². The van der Waals surface area contributed by atoms with Crippen molar-refractivity contribution in [1.82, 2.24) is 10.2 Å². The average Bonchev–Trinajstić information content (AvgIpc) is 3.29. The smallest absolute Gasteiger partial charge is 0.399 e. The highest BCUT2D eigenvalue weighted by Crippen LogP contribution is 2.29. The molecule has 1 unspecified atom stereocenters. The zero-order valence-electron chi connectivity index (χ0n) is 16.3. The molecule has 1 atom stereocenters. The van der Waals surface area contributed by atoms with E-state index in [2.05, 4.69) is 21.2 Å². The van der Waals surface area contributed by atoms with Crippen LogP contribution in [0.5, 0.6) is 5.06 Å². The lowest BCUT2D eigenvalue weighted by Gasteiger charge is -2.33. The molecule has 1 N–H and O–H groups in total. The molecule has 2 aliphatic heterocycles. The Morgan fingerprint density at radius 1 is 1.10 bits per heavy atom. The molecule has 3 heterocycles. The zero-order chi connectivity index (χ0) is 21.3. The van der Waals surface area contributed by atoms with Gasteiger partial charge >= 0.3 is 12.1 Å². The molecule has 2 aromatic rings. The van der Waals surface area contributed by atoms with Gasteiger partial charge in [0.2, 0.25) is 5.91 Å². The summed E-state index contributed by atoms with van der Waals surface area (Å²) in [5, 5.41) is 3.23. The number of urea groups is 1. The number of thiophene rings is 1. The summed E-state index contributed by atoms with van der Waals surface area (Å²) in [5.41, 5.74) is 1.55. The highest BCUT2D eigenvalue weighted by atomic mass is 79.9. The molecule has 0 saturated carbocycles. The number of rotatable bonds is 4. The van der Waals surface area contributed by atoms with Gasteiger partial charge in [-0.1, -0.05) is 11.3 Å². The topological polar surface area (TPSA) is 82.2 Å². The molecule has 2 fully saturated rings. The monoisotopic (exact) mass is 492 g/mol. The Labute approximate surface area is 186 Å². The number of anilines is 2. The highest BCUT2D eigenvalue weighted by Gasteiger charge is 2.32. The Kier molecular flexibility index (Phi) is 5.96. The molecular weight excluding hydrogens is 472 g/mol. The Balaban J connectivity index is 1.37. The van der Waals surface area contributed by atoms with Crippen molar-refractivity contribution in [1.29, 1.82) is 0 Å². The van der Waals surface area contributed by atoms with E-state index in [0.29, 0.717) is 18.2 Å². The van der Waals surface area contributed by atoms with Crippen LogP contribution in [-0.4, -0.2) is 55.7 Å². The summed E-state index contributed by atoms with van der Waals surface area (Å²) in [4.78, 5) is 42.0. The largest absolute Gasteiger partial charge is 0.413 e. The average molecular weight is 493 g/mol. The number of carbonyl (C=O) groups excluding carboxylic acids is 3. The van der Waals surface area contributed by atoms with E-state index in [1.54, 1.807) is 33.9 Å². The SMILES string of the molecule is CN1CCCN(c2ccc(N3CC(NC(=O)Oc4ccc(Br)s4)CC3=O)cc2)C1=O. The van der Waals surface area contributed by atoms with Gasteiger partial charge in [-0.2, -0.15) is 0 Å². The number of carbonyl (C=O) groups is 3. The van der Waals surface area contributed by atoms with Gasteiger partial charge in [0, 0.05) is 44.5 Å². The third-order valence-electron chi connectivity index (χ3n) is 5.09. The van der Waals surface area contributed by atoms with Crippen molar-refractivity contribution >= 4 is 56.7 Å². The summed E-state index contributed by atoms with van der Waals surface area (Å²) in [6, 6.07) is 10.5. The number of hydrogen-bond acceptors (Lipinski definition) is 5. The van der Waals surface area contributed by atoms with E-state index in [4.69, 9.17) is 4.74 Å². The fourth-order valence-corrected chi connectivity index (χ4v) is 4.80. The number of nitrogens with one attached hydrogen (secondary N) is 1. The molecule has 0 radical (unpaired) electrons. The van der Waals surface area contributed by atoms with Crippen molar-refractivity contribution in [3.8, 4) is 5.06 Å². The molecule has 10 heteroatoms. The second kappa shape index (κ2) is 8.65. The predicted octanol–water partition coefficient (Wildman–Crippen LogP) is 3.67. The molecule has 30 heavy (non-hydrogen) atoms. The van der Waals surface area contributed by atoms with Gasteiger partial charge in [0.05, 0.1) is 9.83 Å². The Morgan fingerprint density at radius 2 is 1.80 bits per heavy atom. The van der Waals surface area contributed by atoms with Gasteiger partial charge in [-0.25, -0.2) is 9.59 Å². The maximum absolute atomic E-state index is 12.5. The Hall–Kier alpha value is -2.59. The first-order valence-corrected chi connectivity index (χ1v) is 11.2. The summed E-state index contributed by atoms with van der Waals surface area (Å²) >= 11 is 4.63. The zero-order valence-corrected chi connectivity index (χ0v) is 18.7. The maximum atomic E-state index is 12.5. The fraction of sp³-hybridized carbons (Fsp3) is 0.350. The minimum atomic E-state index is -0.577. The summed E-state index contributed by atoms with van der Waals surface area (Å²) in [6.07, 6.45) is 0.549. The predicted molar refractivity (Wildman–Crippen MR) is 118 cm³/mol. The van der Waals surface area contributed by atoms with Gasteiger partial charge in [-0.3, -0.25) is 9.69 Å². The third kappa shape index (κ3) is 4.44. The van der Waals surface area contributed by atoms with E-state index in [-0.39, 0.29) is 24.4 Å². The maximum Gasteiger partial charge on any atom is 0.413 e. The van der Waals surface area contributed by atoms with E-state index >= 15 is 0 Å². The van der Waals surface area contributed by atoms with Gasteiger partial charge in [-0.15, -0.1) is 0 Å². The second-order valence-corrected chi connectivity index (χ2v) is 9.65. The van der Waals surface area contributed by atoms with Crippen LogP contribution in [0, 0.1) is 0 Å². The summed E-state index contributed by atoms with van der Waals surface area (Å²) < 4.78 is 6.11. The summed E-state index contributed by atoms with van der Waals surface area (Å²) in [7, 11) is 1.79. The summed E-state index contributed by atoms with van der Waals surface area (Å²) in [5.74, 6) is -0.0688. The molecule has 4 rings (SSSR count). The van der Waals surface area contributed by atoms with Crippen LogP contribution in [0.1, 0.15) is 12.8 Å². The first-order chi connectivity index (χ1) is 14.4. The van der Waals surface area contributed by atoms with Crippen molar-refractivity contribution in [2.45, 2.75) is 18.9 Å². The molecule has 0 bridgehead atoms. The lowest BCUT2D eigenvalue weighted by molar-refractivity contribution is -0.117. The van der Waals surface area contributed by atoms with Crippen molar-refractivity contribution in [3.63, 3.8) is 0 Å². The van der Waals surface area contributed by atoms with Crippen molar-refractivity contribution in [2.24, 2.45) is 0 Å². The number of benzene rings is 1. The molecule has 158 valence electrons. The lowest BCUT2D eigenvalue weighted by atomic mass is 10.2. The quantitative estimate of drug-likeness (QED) is 0.705. The number of hydrogen-bond donors (Lipinski definition) is 1. The van der Waals surface area contributed by atoms with Crippen molar-refractivity contribution in [2.75, 3.05) is 36.5 Å². The number of nitrogens with zero attached hydrogens (tertiary/aromatic N) is 3. The van der Waals surface area contributed by atoms with Gasteiger partial charge in [0.15, 0.2) is 5.06 Å². The van der Waals surface area contributed by atoms with E-state index in [1.165, 1.54) is 11.3 Å². The van der Waals surface area contributed by atoms with Crippen LogP contribution in [0.25, 0.3) is 0 Å². The van der Waals surface area contributed by atoms with E-state index in [9.17, 15) is 14.4 Å². The van der Waals surface area contributed by atoms with E-state index in [1.807, 2.05) is 24.3 Å². The molecular formula is C20H21BrN4O4S. The fourth-order valence-electron chi connectivity index (χ4n) is 3.61. The van der Waals surface area contributed by atoms with Gasteiger partial charge < -0.3 is 19.9 Å². The minimum Gasteiger partial charge on any atom is -0.399 e. The van der Waals surface area contributed by atoms with Crippen molar-refractivity contribution < 1.29 is 19.1 Å². The number of amides is 4. The van der Waals surface area contributed by atoms with Crippen LogP contribution in [-0.2, 0) is 4.79 Å². The molecule has 2 saturated heterocycles. The standard InChI is InChI=1S/C20H21BrN4O4S/c1-23-9-2-10-24(20(23)28)14-3-5-15(6-4-14)25-12-13(11-17(25)26)22-19(27)29-18-8-7-16(21)30-18/h3-8,13H,2,9-12H2,1H3,(H,22,27). The summed E-state index contributed by atoms with van der Waals surface area (Å²) in [6.45, 7) is 1.81. The van der Waals surface area contributed by atoms with Gasteiger partial charge in [0.1, 0.15) is 0 Å². The van der Waals surface area contributed by atoms with Crippen LogP contribution >= 0.6 is 27.3 Å². The second-order valence-electron chi connectivity index (χ2n) is 7.22. The van der Waals surface area contributed by atoms with Crippen LogP contribution in [0.4, 0.5) is 21.0 Å². The van der Waals surface area contributed by atoms with Gasteiger partial charge in [0.25, 0.3) is 0 Å². The molecule has 8 nitrogen and oxygen atoms in total. The lowest BCUT2D eigenvalue weighted by Crippen LogP contribution is -2.47. The molecule has 1 aromatic heterocycles. The van der Waals surface area contributed by atoms with Gasteiger partial charge in [-0.05, 0) is 58.7 Å². The van der Waals surface area contributed by atoms with Crippen molar-refractivity contribution in [3.05, 3.63) is 40.2 Å². The highest BCUT2D eigenvalue weighted by molar-refractivity contribution is 9.11. The van der Waals surface area contributed by atoms with Crippen LogP contribution in [0.3, 0.4) is 0 Å². The van der Waals surface area contributed by atoms with E-state index in [0.717, 1.165) is 28.1 Å². The first kappa shape index (κ1) is 20.7. The van der Waals surface area contributed by atoms with Crippen LogP contribution in [0.2, 0.25) is 0 Å². The minimum absolute atomic E-state index is 0.0215. The van der Waals surface area contributed by atoms with Crippen LogP contribution in [0.15, 0.2) is 40.2 Å². The normalized spacial score (nSPS) is 19.4. The Bertz CT molecular complexity index is 964. The number of ether oxygens (including phenoxy) is 1. The number of halogens is 1. The molecule has 2 aliphatic rings. The molecule has 4 amide bonds. The molecule has 0 aliphatic carbocycles. The Morgan fingerprint density at radius 3 is 2.47 bits per heavy atom. The molecule has 1 aromatic carbocycles.